The van der Waals surface area contributed by atoms with E-state index in [-0.39, 0.29) is 17.8 Å². The lowest BCUT2D eigenvalue weighted by atomic mass is 9.81. The molecule has 1 saturated carbocycles. The highest BCUT2D eigenvalue weighted by atomic mass is 19.1. The Kier molecular flexibility index (Phi) is 2.88. The molecule has 1 heterocycles. The van der Waals surface area contributed by atoms with E-state index in [2.05, 4.69) is 5.48 Å². The number of hydrogen-bond acceptors (Lipinski definition) is 3. The predicted molar refractivity (Wildman–Crippen MR) is 65.4 cm³/mol. The molecule has 98 valence electrons. The molecule has 1 aliphatic carbocycles. The number of hydrogen-bond donors (Lipinski definition) is 1. The second-order valence-corrected chi connectivity index (χ2v) is 5.36. The Morgan fingerprint density at radius 1 is 1.50 bits per heavy atom. The average Bonchev–Trinajstić information content (AvgIpc) is 2.89. The Morgan fingerprint density at radius 2 is 2.33 bits per heavy atom. The molecule has 1 aromatic rings. The van der Waals surface area contributed by atoms with Crippen molar-refractivity contribution in [2.75, 3.05) is 13.7 Å². The first-order valence-electron chi connectivity index (χ1n) is 6.34. The minimum absolute atomic E-state index is 0.166. The molecule has 3 rings (SSSR count). The van der Waals surface area contributed by atoms with E-state index >= 15 is 0 Å². The topological polar surface area (TPSA) is 30.5 Å². The minimum Gasteiger partial charge on any atom is -0.381 e. The second kappa shape index (κ2) is 4.30. The average molecular weight is 251 g/mol. The van der Waals surface area contributed by atoms with Gasteiger partial charge in [-0.2, -0.15) is 5.48 Å². The zero-order valence-electron chi connectivity index (χ0n) is 10.7. The summed E-state index contributed by atoms with van der Waals surface area (Å²) in [5.41, 5.74) is 4.42. The largest absolute Gasteiger partial charge is 0.381 e. The molecule has 0 radical (unpaired) electrons. The van der Waals surface area contributed by atoms with Gasteiger partial charge < -0.3 is 9.57 Å². The maximum Gasteiger partial charge on any atom is 0.128 e. The summed E-state index contributed by atoms with van der Waals surface area (Å²) >= 11 is 0. The maximum atomic E-state index is 14.1. The van der Waals surface area contributed by atoms with E-state index in [0.717, 1.165) is 18.4 Å². The molecular weight excluding hydrogens is 233 g/mol. The Labute approximate surface area is 106 Å². The number of aryl methyl sites for hydroxylation is 1. The zero-order valence-corrected chi connectivity index (χ0v) is 10.7. The van der Waals surface area contributed by atoms with Crippen molar-refractivity contribution in [2.24, 2.45) is 5.92 Å². The molecule has 2 fully saturated rings. The van der Waals surface area contributed by atoms with Gasteiger partial charge in [-0.3, -0.25) is 0 Å². The van der Waals surface area contributed by atoms with E-state index in [1.165, 1.54) is 6.07 Å². The van der Waals surface area contributed by atoms with Crippen LogP contribution in [0.25, 0.3) is 0 Å². The van der Waals surface area contributed by atoms with Gasteiger partial charge >= 0.3 is 0 Å². The van der Waals surface area contributed by atoms with E-state index in [4.69, 9.17) is 9.57 Å². The van der Waals surface area contributed by atoms with Crippen LogP contribution in [0.2, 0.25) is 0 Å². The first kappa shape index (κ1) is 12.1. The Balaban J connectivity index is 2.05. The van der Waals surface area contributed by atoms with Gasteiger partial charge in [0.1, 0.15) is 5.82 Å². The lowest BCUT2D eigenvalue weighted by Crippen LogP contribution is -2.39. The predicted octanol–water partition coefficient (Wildman–Crippen LogP) is 2.29. The normalized spacial score (nSPS) is 34.8. The molecular formula is C14H18FNO2. The fourth-order valence-corrected chi connectivity index (χ4v) is 3.28. The number of rotatable bonds is 2. The summed E-state index contributed by atoms with van der Waals surface area (Å²) in [6.45, 7) is 2.60. The maximum absolute atomic E-state index is 14.1. The number of ether oxygens (including phenoxy) is 1. The number of hydroxylamine groups is 1. The SMILES string of the molecule is CO[C@@H]1CC2CON[C@@]2(c2cc(C)ccc2F)C1. The Hall–Kier alpha value is -0.970. The van der Waals surface area contributed by atoms with Crippen LogP contribution in [0.4, 0.5) is 4.39 Å². The Morgan fingerprint density at radius 3 is 3.11 bits per heavy atom. The fourth-order valence-electron chi connectivity index (χ4n) is 3.28. The second-order valence-electron chi connectivity index (χ2n) is 5.36. The third-order valence-corrected chi connectivity index (χ3v) is 4.27. The fraction of sp³-hybridized carbons (Fsp3) is 0.571. The van der Waals surface area contributed by atoms with Gasteiger partial charge in [0.05, 0.1) is 18.2 Å². The van der Waals surface area contributed by atoms with E-state index in [1.807, 2.05) is 13.0 Å². The van der Waals surface area contributed by atoms with Crippen molar-refractivity contribution >= 4 is 0 Å². The van der Waals surface area contributed by atoms with Crippen LogP contribution >= 0.6 is 0 Å². The van der Waals surface area contributed by atoms with Crippen LogP contribution in [0, 0.1) is 18.7 Å². The highest BCUT2D eigenvalue weighted by Crippen LogP contribution is 2.48. The lowest BCUT2D eigenvalue weighted by molar-refractivity contribution is 0.0271. The molecule has 0 amide bonds. The van der Waals surface area contributed by atoms with Crippen molar-refractivity contribution in [3.05, 3.63) is 35.1 Å². The zero-order chi connectivity index (χ0) is 12.8. The van der Waals surface area contributed by atoms with Crippen molar-refractivity contribution < 1.29 is 14.0 Å². The molecule has 3 nitrogen and oxygen atoms in total. The van der Waals surface area contributed by atoms with Crippen LogP contribution in [0.5, 0.6) is 0 Å². The monoisotopic (exact) mass is 251 g/mol. The summed E-state index contributed by atoms with van der Waals surface area (Å²) in [5, 5.41) is 0. The number of benzene rings is 1. The first-order valence-corrected chi connectivity index (χ1v) is 6.34. The minimum atomic E-state index is -0.420. The molecule has 3 atom stereocenters. The van der Waals surface area contributed by atoms with Gasteiger partial charge in [0.15, 0.2) is 0 Å². The van der Waals surface area contributed by atoms with Gasteiger partial charge in [-0.15, -0.1) is 0 Å². The van der Waals surface area contributed by atoms with Crippen LogP contribution in [-0.2, 0) is 15.1 Å². The van der Waals surface area contributed by atoms with E-state index in [9.17, 15) is 4.39 Å². The van der Waals surface area contributed by atoms with E-state index in [0.29, 0.717) is 12.2 Å². The highest BCUT2D eigenvalue weighted by molar-refractivity contribution is 5.33. The van der Waals surface area contributed by atoms with Crippen LogP contribution in [0.1, 0.15) is 24.0 Å². The molecule has 1 N–H and O–H groups in total. The molecule has 1 aliphatic heterocycles. The van der Waals surface area contributed by atoms with Crippen LogP contribution in [-0.4, -0.2) is 19.8 Å². The summed E-state index contributed by atoms with van der Waals surface area (Å²) in [6.07, 6.45) is 1.84. The molecule has 1 unspecified atom stereocenters. The summed E-state index contributed by atoms with van der Waals surface area (Å²) in [4.78, 5) is 5.38. The Bertz CT molecular complexity index is 465. The molecule has 4 heteroatoms. The summed E-state index contributed by atoms with van der Waals surface area (Å²) in [6, 6.07) is 5.25. The van der Waals surface area contributed by atoms with Crippen molar-refractivity contribution in [2.45, 2.75) is 31.4 Å². The van der Waals surface area contributed by atoms with Gasteiger partial charge in [-0.25, -0.2) is 4.39 Å². The number of fused-ring (bicyclic) bond motifs is 1. The number of methoxy groups -OCH3 is 1. The van der Waals surface area contributed by atoms with Gasteiger partial charge in [0.25, 0.3) is 0 Å². The molecule has 18 heavy (non-hydrogen) atoms. The molecule has 1 saturated heterocycles. The van der Waals surface area contributed by atoms with Crippen molar-refractivity contribution in [1.29, 1.82) is 0 Å². The number of halogens is 1. The molecule has 0 aromatic heterocycles. The summed E-state index contributed by atoms with van der Waals surface area (Å²) in [5.74, 6) is 0.110. The standard InChI is InChI=1S/C14H18FNO2/c1-9-3-4-13(15)12(5-9)14-7-11(17-2)6-10(14)8-18-16-14/h3-5,10-11,16H,6-8H2,1-2H3/t10?,11-,14+/m1/s1. The van der Waals surface area contributed by atoms with Crippen LogP contribution in [0.15, 0.2) is 18.2 Å². The molecule has 0 spiro atoms. The van der Waals surface area contributed by atoms with Crippen molar-refractivity contribution in [3.63, 3.8) is 0 Å². The quantitative estimate of drug-likeness (QED) is 0.874. The van der Waals surface area contributed by atoms with Crippen LogP contribution in [0.3, 0.4) is 0 Å². The summed E-state index contributed by atoms with van der Waals surface area (Å²) < 4.78 is 19.6. The molecule has 1 aromatic carbocycles. The lowest BCUT2D eigenvalue weighted by Gasteiger charge is -2.29. The van der Waals surface area contributed by atoms with Gasteiger partial charge in [0.2, 0.25) is 0 Å². The van der Waals surface area contributed by atoms with Gasteiger partial charge in [0, 0.05) is 18.6 Å². The number of nitrogens with one attached hydrogen (secondary N) is 1. The van der Waals surface area contributed by atoms with Crippen LogP contribution < -0.4 is 5.48 Å². The first-order chi connectivity index (χ1) is 8.65. The highest BCUT2D eigenvalue weighted by Gasteiger charge is 2.53. The van der Waals surface area contributed by atoms with E-state index in [1.54, 1.807) is 13.2 Å². The van der Waals surface area contributed by atoms with E-state index < -0.39 is 5.54 Å². The van der Waals surface area contributed by atoms with Crippen molar-refractivity contribution in [3.8, 4) is 0 Å². The van der Waals surface area contributed by atoms with Gasteiger partial charge in [-0.1, -0.05) is 17.7 Å². The van der Waals surface area contributed by atoms with Crippen molar-refractivity contribution in [1.82, 2.24) is 5.48 Å². The molecule has 0 bridgehead atoms. The third kappa shape index (κ3) is 1.67. The summed E-state index contributed by atoms with van der Waals surface area (Å²) in [7, 11) is 1.72. The third-order valence-electron chi connectivity index (χ3n) is 4.27. The van der Waals surface area contributed by atoms with Gasteiger partial charge in [-0.05, 0) is 25.8 Å². The molecule has 2 aliphatic rings. The smallest absolute Gasteiger partial charge is 0.128 e.